The minimum Gasteiger partial charge on any atom is -0.351 e. The predicted molar refractivity (Wildman–Crippen MR) is 128 cm³/mol. The molecule has 0 aliphatic carbocycles. The predicted octanol–water partition coefficient (Wildman–Crippen LogP) is 4.44. The molecule has 6 nitrogen and oxygen atoms in total. The summed E-state index contributed by atoms with van der Waals surface area (Å²) in [5.74, 6) is -0.146. The topological polar surface area (TPSA) is 73.9 Å². The van der Waals surface area contributed by atoms with Crippen LogP contribution in [0, 0.1) is 0 Å². The number of pyridine rings is 1. The van der Waals surface area contributed by atoms with Crippen LogP contribution in [0.5, 0.6) is 0 Å². The van der Waals surface area contributed by atoms with E-state index in [0.717, 1.165) is 53.4 Å². The zero-order chi connectivity index (χ0) is 22.3. The van der Waals surface area contributed by atoms with Gasteiger partial charge in [-0.1, -0.05) is 36.4 Å². The number of hydrogen-bond acceptors (Lipinski definition) is 4. The number of amides is 1. The molecule has 0 radical (unpaired) electrons. The maximum absolute atomic E-state index is 12.8. The van der Waals surface area contributed by atoms with Crippen LogP contribution >= 0.6 is 0 Å². The van der Waals surface area contributed by atoms with Gasteiger partial charge in [0.1, 0.15) is 0 Å². The van der Waals surface area contributed by atoms with Gasteiger partial charge >= 0.3 is 0 Å². The molecule has 0 bridgehead atoms. The van der Waals surface area contributed by atoms with Gasteiger partial charge in [-0.2, -0.15) is 5.10 Å². The number of benzene rings is 2. The second kappa shape index (κ2) is 10.2. The molecule has 0 atom stereocenters. The van der Waals surface area contributed by atoms with E-state index in [1.165, 1.54) is 5.56 Å². The molecule has 2 aromatic heterocycles. The summed E-state index contributed by atoms with van der Waals surface area (Å²) < 4.78 is 0. The normalized spacial score (nSPS) is 11.2. The molecule has 6 heteroatoms. The summed E-state index contributed by atoms with van der Waals surface area (Å²) >= 11 is 0. The first-order valence-electron chi connectivity index (χ1n) is 11.0. The number of fused-ring (bicyclic) bond motifs is 1. The number of nitrogens with one attached hydrogen (secondary N) is 2. The number of rotatable bonds is 9. The van der Waals surface area contributed by atoms with Gasteiger partial charge < -0.3 is 10.2 Å². The molecular formula is C26H29N5O. The van der Waals surface area contributed by atoms with E-state index in [4.69, 9.17) is 0 Å². The Morgan fingerprint density at radius 3 is 2.62 bits per heavy atom. The minimum absolute atomic E-state index is 0.146. The van der Waals surface area contributed by atoms with Crippen LogP contribution in [0.4, 0.5) is 0 Å². The molecule has 0 spiro atoms. The zero-order valence-electron chi connectivity index (χ0n) is 18.6. The lowest BCUT2D eigenvalue weighted by Gasteiger charge is -2.10. The highest BCUT2D eigenvalue weighted by Gasteiger charge is 2.15. The maximum atomic E-state index is 12.8. The number of aromatic nitrogens is 3. The summed E-state index contributed by atoms with van der Waals surface area (Å²) in [5, 5.41) is 11.1. The number of unbranched alkanes of at least 4 members (excludes halogenated alkanes) is 1. The smallest absolute Gasteiger partial charge is 0.272 e. The summed E-state index contributed by atoms with van der Waals surface area (Å²) in [7, 11) is 4.08. The van der Waals surface area contributed by atoms with Gasteiger partial charge in [-0.3, -0.25) is 14.9 Å². The van der Waals surface area contributed by atoms with E-state index < -0.39 is 0 Å². The first-order valence-corrected chi connectivity index (χ1v) is 11.0. The summed E-state index contributed by atoms with van der Waals surface area (Å²) in [6, 6.07) is 18.6. The van der Waals surface area contributed by atoms with Crippen LogP contribution in [0.25, 0.3) is 22.0 Å². The van der Waals surface area contributed by atoms with E-state index in [-0.39, 0.29) is 5.91 Å². The Kier molecular flexibility index (Phi) is 6.92. The lowest BCUT2D eigenvalue weighted by molar-refractivity contribution is 0.0949. The Hall–Kier alpha value is -3.51. The van der Waals surface area contributed by atoms with Gasteiger partial charge in [0.25, 0.3) is 5.91 Å². The molecule has 4 rings (SSSR count). The number of carbonyl (C=O) groups is 1. The molecule has 0 unspecified atom stereocenters. The maximum Gasteiger partial charge on any atom is 0.272 e. The van der Waals surface area contributed by atoms with Gasteiger partial charge in [0, 0.05) is 36.4 Å². The van der Waals surface area contributed by atoms with Crippen LogP contribution in [-0.4, -0.2) is 46.6 Å². The highest BCUT2D eigenvalue weighted by atomic mass is 16.1. The SMILES string of the molecule is CN(C)Cc1cncc(-c2ccc3[nH]nc(C(=O)NCCCCc4ccccc4)c3c2)c1. The molecule has 0 fully saturated rings. The van der Waals surface area contributed by atoms with Gasteiger partial charge in [-0.25, -0.2) is 0 Å². The van der Waals surface area contributed by atoms with Crippen molar-refractivity contribution in [1.29, 1.82) is 0 Å². The quantitative estimate of drug-likeness (QED) is 0.387. The molecule has 2 heterocycles. The standard InChI is InChI=1S/C26H29N5O/c1-31(2)18-20-14-22(17-27-16-20)21-11-12-24-23(15-21)25(30-29-24)26(32)28-13-7-6-10-19-8-4-3-5-9-19/h3-5,8-9,11-12,14-17H,6-7,10,13,18H2,1-2H3,(H,28,32)(H,29,30). The van der Waals surface area contributed by atoms with Crippen molar-refractivity contribution < 1.29 is 4.79 Å². The van der Waals surface area contributed by atoms with E-state index in [9.17, 15) is 4.79 Å². The molecule has 4 aromatic rings. The number of hydrogen-bond donors (Lipinski definition) is 2. The Bertz CT molecular complexity index is 1180. The Morgan fingerprint density at radius 1 is 0.969 bits per heavy atom. The summed E-state index contributed by atoms with van der Waals surface area (Å²) in [4.78, 5) is 19.3. The van der Waals surface area contributed by atoms with Crippen molar-refractivity contribution in [2.45, 2.75) is 25.8 Å². The number of aryl methyl sites for hydroxylation is 1. The second-order valence-corrected chi connectivity index (χ2v) is 8.35. The van der Waals surface area contributed by atoms with Gasteiger partial charge in [-0.15, -0.1) is 0 Å². The van der Waals surface area contributed by atoms with Crippen molar-refractivity contribution in [2.75, 3.05) is 20.6 Å². The average Bonchev–Trinajstić information content (AvgIpc) is 3.22. The molecular weight excluding hydrogens is 398 g/mol. The first-order chi connectivity index (χ1) is 15.6. The molecule has 0 aliphatic heterocycles. The second-order valence-electron chi connectivity index (χ2n) is 8.35. The fraction of sp³-hybridized carbons (Fsp3) is 0.269. The highest BCUT2D eigenvalue weighted by molar-refractivity contribution is 6.05. The molecule has 0 saturated carbocycles. The number of carbonyl (C=O) groups excluding carboxylic acids is 1. The van der Waals surface area contributed by atoms with Crippen LogP contribution in [0.2, 0.25) is 0 Å². The van der Waals surface area contributed by atoms with Crippen LogP contribution in [0.3, 0.4) is 0 Å². The number of nitrogens with zero attached hydrogens (tertiary/aromatic N) is 3. The van der Waals surface area contributed by atoms with Gasteiger partial charge in [-0.05, 0) is 68.2 Å². The molecule has 164 valence electrons. The van der Waals surface area contributed by atoms with Gasteiger partial charge in [0.2, 0.25) is 0 Å². The van der Waals surface area contributed by atoms with E-state index in [0.29, 0.717) is 12.2 Å². The minimum atomic E-state index is -0.146. The Balaban J connectivity index is 1.41. The van der Waals surface area contributed by atoms with Crippen LogP contribution in [-0.2, 0) is 13.0 Å². The summed E-state index contributed by atoms with van der Waals surface area (Å²) in [6.07, 6.45) is 6.72. The summed E-state index contributed by atoms with van der Waals surface area (Å²) in [5.41, 5.74) is 5.80. The van der Waals surface area contributed by atoms with Crippen LogP contribution < -0.4 is 5.32 Å². The third-order valence-electron chi connectivity index (χ3n) is 5.43. The Morgan fingerprint density at radius 2 is 1.81 bits per heavy atom. The van der Waals surface area contributed by atoms with E-state index >= 15 is 0 Å². The van der Waals surface area contributed by atoms with E-state index in [1.54, 1.807) is 0 Å². The van der Waals surface area contributed by atoms with Gasteiger partial charge in [0.15, 0.2) is 5.69 Å². The third kappa shape index (κ3) is 5.39. The van der Waals surface area contributed by atoms with Crippen molar-refractivity contribution in [2.24, 2.45) is 0 Å². The van der Waals surface area contributed by atoms with Crippen molar-refractivity contribution in [3.8, 4) is 11.1 Å². The van der Waals surface area contributed by atoms with Crippen molar-refractivity contribution in [1.82, 2.24) is 25.4 Å². The monoisotopic (exact) mass is 427 g/mol. The fourth-order valence-corrected chi connectivity index (χ4v) is 3.85. The number of H-pyrrole nitrogens is 1. The lowest BCUT2D eigenvalue weighted by atomic mass is 10.0. The number of aromatic amines is 1. The van der Waals surface area contributed by atoms with Crippen molar-refractivity contribution in [3.63, 3.8) is 0 Å². The van der Waals surface area contributed by atoms with E-state index in [2.05, 4.69) is 55.7 Å². The van der Waals surface area contributed by atoms with Crippen LogP contribution in [0.1, 0.15) is 34.5 Å². The highest BCUT2D eigenvalue weighted by Crippen LogP contribution is 2.26. The van der Waals surface area contributed by atoms with E-state index in [1.807, 2.05) is 50.8 Å². The molecule has 2 N–H and O–H groups in total. The molecule has 32 heavy (non-hydrogen) atoms. The van der Waals surface area contributed by atoms with Crippen molar-refractivity contribution in [3.05, 3.63) is 83.8 Å². The fourth-order valence-electron chi connectivity index (χ4n) is 3.85. The first kappa shape index (κ1) is 21.7. The Labute approximate surface area is 188 Å². The molecule has 0 saturated heterocycles. The molecule has 0 aliphatic rings. The lowest BCUT2D eigenvalue weighted by Crippen LogP contribution is -2.25. The average molecular weight is 428 g/mol. The zero-order valence-corrected chi connectivity index (χ0v) is 18.6. The van der Waals surface area contributed by atoms with Crippen molar-refractivity contribution >= 4 is 16.8 Å². The largest absolute Gasteiger partial charge is 0.351 e. The third-order valence-corrected chi connectivity index (χ3v) is 5.43. The molecule has 2 aromatic carbocycles. The molecule has 1 amide bonds. The summed E-state index contributed by atoms with van der Waals surface area (Å²) in [6.45, 7) is 1.46. The van der Waals surface area contributed by atoms with Crippen LogP contribution in [0.15, 0.2) is 67.0 Å². The van der Waals surface area contributed by atoms with Gasteiger partial charge in [0.05, 0.1) is 5.52 Å².